The standard InChI is InChI=1S/C22H29N3O2/c1-18(19-8-5-4-6-9-19)23(2)22(26)17-24-12-14-25(15-13-24)20-10-7-11-21(16-20)27-3/h4-11,16,18H,12-15,17H2,1-3H3/p+1/t18-/m1/s1. The van der Waals surface area contributed by atoms with Crippen LogP contribution in [0.4, 0.5) is 5.69 Å². The Morgan fingerprint density at radius 1 is 1.15 bits per heavy atom. The number of methoxy groups -OCH3 is 1. The molecule has 2 aromatic carbocycles. The zero-order valence-electron chi connectivity index (χ0n) is 16.5. The summed E-state index contributed by atoms with van der Waals surface area (Å²) in [5.74, 6) is 1.09. The van der Waals surface area contributed by atoms with Crippen molar-refractivity contribution in [2.75, 3.05) is 51.8 Å². The number of carbonyl (C=O) groups excluding carboxylic acids is 1. The maximum atomic E-state index is 12.7. The monoisotopic (exact) mass is 368 g/mol. The van der Waals surface area contributed by atoms with Crippen LogP contribution in [0.5, 0.6) is 5.75 Å². The normalized spacial score (nSPS) is 16.0. The molecule has 144 valence electrons. The number of nitrogens with one attached hydrogen (secondary N) is 1. The fraction of sp³-hybridized carbons (Fsp3) is 0.409. The summed E-state index contributed by atoms with van der Waals surface area (Å²) in [5, 5.41) is 0. The highest BCUT2D eigenvalue weighted by atomic mass is 16.5. The molecular formula is C22H30N3O2+. The molecule has 0 saturated carbocycles. The van der Waals surface area contributed by atoms with Gasteiger partial charge in [-0.25, -0.2) is 0 Å². The van der Waals surface area contributed by atoms with Crippen LogP contribution in [0.1, 0.15) is 18.5 Å². The van der Waals surface area contributed by atoms with E-state index >= 15 is 0 Å². The molecule has 0 radical (unpaired) electrons. The van der Waals surface area contributed by atoms with Gasteiger partial charge < -0.3 is 19.4 Å². The lowest BCUT2D eigenvalue weighted by Crippen LogP contribution is -3.15. The van der Waals surface area contributed by atoms with Crippen molar-refractivity contribution in [1.29, 1.82) is 0 Å². The number of hydrogen-bond donors (Lipinski definition) is 1. The van der Waals surface area contributed by atoms with Gasteiger partial charge in [0, 0.05) is 18.8 Å². The minimum atomic E-state index is 0.0937. The molecule has 0 aromatic heterocycles. The molecule has 5 nitrogen and oxygen atoms in total. The van der Waals surface area contributed by atoms with Gasteiger partial charge in [0.15, 0.2) is 6.54 Å². The molecule has 1 atom stereocenters. The fourth-order valence-corrected chi connectivity index (χ4v) is 3.57. The van der Waals surface area contributed by atoms with Crippen molar-refractivity contribution >= 4 is 11.6 Å². The van der Waals surface area contributed by atoms with E-state index in [1.165, 1.54) is 16.2 Å². The number of piperazine rings is 1. The Morgan fingerprint density at radius 3 is 2.52 bits per heavy atom. The first kappa shape index (κ1) is 19.2. The second kappa shape index (κ2) is 8.91. The van der Waals surface area contributed by atoms with E-state index in [0.717, 1.165) is 31.9 Å². The summed E-state index contributed by atoms with van der Waals surface area (Å²) >= 11 is 0. The van der Waals surface area contributed by atoms with Crippen LogP contribution in [0, 0.1) is 0 Å². The first-order valence-corrected chi connectivity index (χ1v) is 9.61. The van der Waals surface area contributed by atoms with E-state index in [1.807, 2.05) is 42.3 Å². The number of amides is 1. The zero-order valence-corrected chi connectivity index (χ0v) is 16.5. The van der Waals surface area contributed by atoms with E-state index in [2.05, 4.69) is 36.1 Å². The van der Waals surface area contributed by atoms with E-state index in [1.54, 1.807) is 7.11 Å². The second-order valence-electron chi connectivity index (χ2n) is 7.21. The summed E-state index contributed by atoms with van der Waals surface area (Å²) in [7, 11) is 3.60. The van der Waals surface area contributed by atoms with Crippen LogP contribution in [0.15, 0.2) is 54.6 Å². The van der Waals surface area contributed by atoms with Crippen LogP contribution >= 0.6 is 0 Å². The SMILES string of the molecule is COc1cccc(N2CC[NH+](CC(=O)N(C)[C@H](C)c3ccccc3)CC2)c1. The van der Waals surface area contributed by atoms with Crippen LogP contribution in [0.2, 0.25) is 0 Å². The van der Waals surface area contributed by atoms with E-state index in [4.69, 9.17) is 4.74 Å². The number of likely N-dealkylation sites (N-methyl/N-ethyl adjacent to an activating group) is 1. The number of quaternary nitrogens is 1. The van der Waals surface area contributed by atoms with Crippen molar-refractivity contribution in [3.8, 4) is 5.75 Å². The third-order valence-electron chi connectivity index (χ3n) is 5.55. The first-order valence-electron chi connectivity index (χ1n) is 9.61. The average Bonchev–Trinajstić information content (AvgIpc) is 2.73. The van der Waals surface area contributed by atoms with Gasteiger partial charge in [-0.05, 0) is 24.6 Å². The number of nitrogens with zero attached hydrogens (tertiary/aromatic N) is 2. The van der Waals surface area contributed by atoms with Gasteiger partial charge in [0.2, 0.25) is 0 Å². The Morgan fingerprint density at radius 2 is 1.85 bits per heavy atom. The van der Waals surface area contributed by atoms with Gasteiger partial charge in [0.25, 0.3) is 5.91 Å². The molecule has 0 unspecified atom stereocenters. The quantitative estimate of drug-likeness (QED) is 0.842. The molecule has 0 aliphatic carbocycles. The number of carbonyl (C=O) groups is 1. The second-order valence-corrected chi connectivity index (χ2v) is 7.21. The Labute approximate surface area is 162 Å². The van der Waals surface area contributed by atoms with E-state index in [9.17, 15) is 4.79 Å². The van der Waals surface area contributed by atoms with Crippen LogP contribution in [0.25, 0.3) is 0 Å². The zero-order chi connectivity index (χ0) is 19.2. The molecule has 1 N–H and O–H groups in total. The Bertz CT molecular complexity index is 742. The molecule has 1 fully saturated rings. The molecule has 2 aromatic rings. The Balaban J connectivity index is 1.51. The Kier molecular flexibility index (Phi) is 6.35. The molecule has 27 heavy (non-hydrogen) atoms. The van der Waals surface area contributed by atoms with Crippen molar-refractivity contribution in [2.45, 2.75) is 13.0 Å². The minimum absolute atomic E-state index is 0.0937. The molecule has 3 rings (SSSR count). The van der Waals surface area contributed by atoms with Gasteiger partial charge in [-0.15, -0.1) is 0 Å². The predicted molar refractivity (Wildman–Crippen MR) is 108 cm³/mol. The third kappa shape index (κ3) is 4.80. The minimum Gasteiger partial charge on any atom is -0.497 e. The maximum Gasteiger partial charge on any atom is 0.278 e. The number of rotatable bonds is 6. The summed E-state index contributed by atoms with van der Waals surface area (Å²) in [5.41, 5.74) is 2.36. The van der Waals surface area contributed by atoms with Crippen LogP contribution < -0.4 is 14.5 Å². The molecule has 1 saturated heterocycles. The van der Waals surface area contributed by atoms with Gasteiger partial charge in [0.05, 0.1) is 39.3 Å². The summed E-state index contributed by atoms with van der Waals surface area (Å²) < 4.78 is 5.32. The van der Waals surface area contributed by atoms with Crippen LogP contribution in [-0.4, -0.2) is 57.7 Å². The van der Waals surface area contributed by atoms with E-state index in [-0.39, 0.29) is 11.9 Å². The van der Waals surface area contributed by atoms with E-state index < -0.39 is 0 Å². The summed E-state index contributed by atoms with van der Waals surface area (Å²) in [4.78, 5) is 18.3. The molecule has 5 heteroatoms. The summed E-state index contributed by atoms with van der Waals surface area (Å²) in [6, 6.07) is 18.5. The van der Waals surface area contributed by atoms with Crippen molar-refractivity contribution < 1.29 is 14.4 Å². The smallest absolute Gasteiger partial charge is 0.278 e. The highest BCUT2D eigenvalue weighted by molar-refractivity contribution is 5.77. The number of benzene rings is 2. The average molecular weight is 369 g/mol. The van der Waals surface area contributed by atoms with Gasteiger partial charge >= 0.3 is 0 Å². The van der Waals surface area contributed by atoms with Crippen molar-refractivity contribution in [2.24, 2.45) is 0 Å². The van der Waals surface area contributed by atoms with Crippen LogP contribution in [0.3, 0.4) is 0 Å². The largest absolute Gasteiger partial charge is 0.497 e. The maximum absolute atomic E-state index is 12.7. The molecule has 1 heterocycles. The third-order valence-corrected chi connectivity index (χ3v) is 5.55. The molecule has 0 bridgehead atoms. The molecule has 0 spiro atoms. The highest BCUT2D eigenvalue weighted by Gasteiger charge is 2.26. The number of anilines is 1. The van der Waals surface area contributed by atoms with Gasteiger partial charge in [-0.1, -0.05) is 36.4 Å². The lowest BCUT2D eigenvalue weighted by Gasteiger charge is -2.34. The molecule has 1 amide bonds. The molecule has 1 aliphatic heterocycles. The van der Waals surface area contributed by atoms with Gasteiger partial charge in [-0.3, -0.25) is 4.79 Å². The van der Waals surface area contributed by atoms with Crippen molar-refractivity contribution in [3.05, 3.63) is 60.2 Å². The van der Waals surface area contributed by atoms with Crippen molar-refractivity contribution in [3.63, 3.8) is 0 Å². The number of hydrogen-bond acceptors (Lipinski definition) is 3. The summed E-state index contributed by atoms with van der Waals surface area (Å²) in [6.07, 6.45) is 0. The first-order chi connectivity index (χ1) is 13.1. The van der Waals surface area contributed by atoms with Crippen LogP contribution in [-0.2, 0) is 4.79 Å². The summed E-state index contributed by atoms with van der Waals surface area (Å²) in [6.45, 7) is 6.48. The lowest BCUT2D eigenvalue weighted by atomic mass is 10.1. The van der Waals surface area contributed by atoms with Gasteiger partial charge in [-0.2, -0.15) is 0 Å². The van der Waals surface area contributed by atoms with E-state index in [0.29, 0.717) is 6.54 Å². The van der Waals surface area contributed by atoms with Crippen molar-refractivity contribution in [1.82, 2.24) is 4.90 Å². The molecular weight excluding hydrogens is 338 g/mol. The predicted octanol–water partition coefficient (Wildman–Crippen LogP) is 1.62. The highest BCUT2D eigenvalue weighted by Crippen LogP contribution is 2.21. The fourth-order valence-electron chi connectivity index (χ4n) is 3.57. The Hall–Kier alpha value is -2.53. The van der Waals surface area contributed by atoms with Gasteiger partial charge in [0.1, 0.15) is 5.75 Å². The topological polar surface area (TPSA) is 37.2 Å². The number of ether oxygens (including phenoxy) is 1. The molecule has 1 aliphatic rings. The lowest BCUT2D eigenvalue weighted by molar-refractivity contribution is -0.892.